The average molecular weight is 431 g/mol. The fraction of sp³-hybridized carbons (Fsp3) is 0.360. The van der Waals surface area contributed by atoms with Crippen LogP contribution < -0.4 is 0 Å². The van der Waals surface area contributed by atoms with Gasteiger partial charge in [-0.1, -0.05) is 30.3 Å². The van der Waals surface area contributed by atoms with Gasteiger partial charge in [-0.25, -0.2) is 4.98 Å². The van der Waals surface area contributed by atoms with Crippen LogP contribution in [0.2, 0.25) is 0 Å². The highest BCUT2D eigenvalue weighted by Gasteiger charge is 2.17. The van der Waals surface area contributed by atoms with E-state index in [0.717, 1.165) is 40.1 Å². The summed E-state index contributed by atoms with van der Waals surface area (Å²) in [4.78, 5) is 19.4. The fourth-order valence-corrected chi connectivity index (χ4v) is 4.36. The lowest BCUT2D eigenvalue weighted by atomic mass is 9.99. The number of pyridine rings is 1. The first-order valence-electron chi connectivity index (χ1n) is 10.9. The summed E-state index contributed by atoms with van der Waals surface area (Å²) in [5.74, 6) is 0.114. The highest BCUT2D eigenvalue weighted by Crippen LogP contribution is 2.26. The standard InChI is InChI=1S/C25H30N6O/c1-17-22(18(2)27-25-24(17)19(3)28-30(25)5)11-12-23(32)29(4)14-21-13-26-31(16-21)15-20-9-7-6-8-10-20/h6-10,13,16H,11-12,14-15H2,1-5H3. The van der Waals surface area contributed by atoms with E-state index in [1.165, 1.54) is 11.1 Å². The molecule has 7 nitrogen and oxygen atoms in total. The van der Waals surface area contributed by atoms with Crippen LogP contribution in [-0.4, -0.2) is 42.4 Å². The maximum Gasteiger partial charge on any atom is 0.222 e. The van der Waals surface area contributed by atoms with Gasteiger partial charge in [0.2, 0.25) is 5.91 Å². The third kappa shape index (κ3) is 4.42. The molecule has 0 saturated heterocycles. The molecule has 0 radical (unpaired) electrons. The van der Waals surface area contributed by atoms with Gasteiger partial charge in [-0.2, -0.15) is 10.2 Å². The lowest BCUT2D eigenvalue weighted by Crippen LogP contribution is -2.26. The molecule has 4 rings (SSSR count). The molecule has 0 aliphatic heterocycles. The molecule has 0 saturated carbocycles. The molecular formula is C25H30N6O. The average Bonchev–Trinajstić information content (AvgIpc) is 3.31. The zero-order valence-electron chi connectivity index (χ0n) is 19.5. The fourth-order valence-electron chi connectivity index (χ4n) is 4.36. The molecule has 0 spiro atoms. The number of carbonyl (C=O) groups excluding carboxylic acids is 1. The largest absolute Gasteiger partial charge is 0.341 e. The van der Waals surface area contributed by atoms with Crippen LogP contribution >= 0.6 is 0 Å². The summed E-state index contributed by atoms with van der Waals surface area (Å²) < 4.78 is 3.73. The third-order valence-electron chi connectivity index (χ3n) is 6.04. The van der Waals surface area contributed by atoms with E-state index in [1.807, 2.05) is 67.9 Å². The monoisotopic (exact) mass is 430 g/mol. The van der Waals surface area contributed by atoms with E-state index in [0.29, 0.717) is 19.4 Å². The van der Waals surface area contributed by atoms with Gasteiger partial charge in [0.05, 0.1) is 18.4 Å². The molecule has 0 atom stereocenters. The number of aryl methyl sites for hydroxylation is 4. The summed E-state index contributed by atoms with van der Waals surface area (Å²) in [6.07, 6.45) is 4.96. The van der Waals surface area contributed by atoms with Gasteiger partial charge in [-0.3, -0.25) is 14.2 Å². The van der Waals surface area contributed by atoms with Crippen LogP contribution in [0.15, 0.2) is 42.7 Å². The molecular weight excluding hydrogens is 400 g/mol. The van der Waals surface area contributed by atoms with E-state index in [1.54, 1.807) is 4.90 Å². The summed E-state index contributed by atoms with van der Waals surface area (Å²) in [6.45, 7) is 7.40. The van der Waals surface area contributed by atoms with Crippen molar-refractivity contribution in [2.24, 2.45) is 7.05 Å². The molecule has 0 aliphatic rings. The van der Waals surface area contributed by atoms with Crippen molar-refractivity contribution in [1.29, 1.82) is 0 Å². The van der Waals surface area contributed by atoms with Crippen molar-refractivity contribution in [3.05, 3.63) is 76.4 Å². The summed E-state index contributed by atoms with van der Waals surface area (Å²) in [5, 5.41) is 10.0. The lowest BCUT2D eigenvalue weighted by molar-refractivity contribution is -0.130. The Hall–Kier alpha value is -3.48. The Bertz CT molecular complexity index is 1250. The Morgan fingerprint density at radius 2 is 1.81 bits per heavy atom. The Balaban J connectivity index is 1.39. The molecule has 0 fully saturated rings. The van der Waals surface area contributed by atoms with Gasteiger partial charge >= 0.3 is 0 Å². The first-order chi connectivity index (χ1) is 15.3. The maximum absolute atomic E-state index is 12.8. The normalized spacial score (nSPS) is 11.3. The minimum Gasteiger partial charge on any atom is -0.341 e. The second-order valence-corrected chi connectivity index (χ2v) is 8.49. The highest BCUT2D eigenvalue weighted by molar-refractivity contribution is 5.84. The van der Waals surface area contributed by atoms with Gasteiger partial charge in [0.1, 0.15) is 0 Å². The summed E-state index contributed by atoms with van der Waals surface area (Å²) in [6, 6.07) is 10.2. The quantitative estimate of drug-likeness (QED) is 0.448. The van der Waals surface area contributed by atoms with Crippen LogP contribution in [0.5, 0.6) is 0 Å². The van der Waals surface area contributed by atoms with Crippen molar-refractivity contribution in [3.8, 4) is 0 Å². The van der Waals surface area contributed by atoms with Crippen molar-refractivity contribution >= 4 is 16.9 Å². The van der Waals surface area contributed by atoms with Gasteiger partial charge < -0.3 is 4.90 Å². The molecule has 1 aromatic carbocycles. The van der Waals surface area contributed by atoms with Crippen molar-refractivity contribution in [2.45, 2.75) is 46.7 Å². The van der Waals surface area contributed by atoms with E-state index < -0.39 is 0 Å². The van der Waals surface area contributed by atoms with Crippen LogP contribution in [0.25, 0.3) is 11.0 Å². The third-order valence-corrected chi connectivity index (χ3v) is 6.04. The van der Waals surface area contributed by atoms with E-state index in [-0.39, 0.29) is 5.91 Å². The van der Waals surface area contributed by atoms with Gasteiger partial charge in [-0.15, -0.1) is 0 Å². The zero-order valence-corrected chi connectivity index (χ0v) is 19.5. The molecule has 0 aliphatic carbocycles. The first-order valence-corrected chi connectivity index (χ1v) is 10.9. The summed E-state index contributed by atoms with van der Waals surface area (Å²) in [7, 11) is 3.77. The first kappa shape index (κ1) is 21.7. The number of hydrogen-bond donors (Lipinski definition) is 0. The number of rotatable bonds is 7. The molecule has 1 amide bonds. The van der Waals surface area contributed by atoms with Crippen molar-refractivity contribution in [3.63, 3.8) is 0 Å². The number of fused-ring (bicyclic) bond motifs is 1. The number of carbonyl (C=O) groups is 1. The van der Waals surface area contributed by atoms with E-state index in [4.69, 9.17) is 4.98 Å². The van der Waals surface area contributed by atoms with Crippen LogP contribution in [0.4, 0.5) is 0 Å². The number of benzene rings is 1. The second kappa shape index (κ2) is 8.94. The number of hydrogen-bond acceptors (Lipinski definition) is 4. The molecule has 0 unspecified atom stereocenters. The Labute approximate surface area is 188 Å². The van der Waals surface area contributed by atoms with Crippen molar-refractivity contribution in [2.75, 3.05) is 7.05 Å². The molecule has 3 aromatic heterocycles. The van der Waals surface area contributed by atoms with Crippen LogP contribution in [0.3, 0.4) is 0 Å². The van der Waals surface area contributed by atoms with Crippen LogP contribution in [0.1, 0.15) is 40.1 Å². The molecule has 0 bridgehead atoms. The Kier molecular flexibility index (Phi) is 6.08. The number of nitrogens with zero attached hydrogens (tertiary/aromatic N) is 6. The number of amides is 1. The van der Waals surface area contributed by atoms with E-state index in [2.05, 4.69) is 29.3 Å². The minimum atomic E-state index is 0.114. The molecule has 4 aromatic rings. The van der Waals surface area contributed by atoms with Crippen molar-refractivity contribution in [1.82, 2.24) is 29.4 Å². The van der Waals surface area contributed by atoms with Gasteiger partial charge in [0, 0.05) is 49.9 Å². The Morgan fingerprint density at radius 3 is 2.56 bits per heavy atom. The molecule has 166 valence electrons. The van der Waals surface area contributed by atoms with Crippen molar-refractivity contribution < 1.29 is 4.79 Å². The topological polar surface area (TPSA) is 68.8 Å². The summed E-state index contributed by atoms with van der Waals surface area (Å²) in [5.41, 5.74) is 7.39. The second-order valence-electron chi connectivity index (χ2n) is 8.49. The smallest absolute Gasteiger partial charge is 0.222 e. The SMILES string of the molecule is Cc1nc2c(c(C)nn2C)c(C)c1CCC(=O)N(C)Cc1cnn(Cc2ccccc2)c1. The van der Waals surface area contributed by atoms with Gasteiger partial charge in [0.15, 0.2) is 5.65 Å². The predicted octanol–water partition coefficient (Wildman–Crippen LogP) is 3.73. The Morgan fingerprint density at radius 1 is 1.06 bits per heavy atom. The van der Waals surface area contributed by atoms with Crippen LogP contribution in [0, 0.1) is 20.8 Å². The molecule has 7 heteroatoms. The van der Waals surface area contributed by atoms with Crippen LogP contribution in [-0.2, 0) is 31.4 Å². The van der Waals surface area contributed by atoms with E-state index in [9.17, 15) is 4.79 Å². The molecule has 32 heavy (non-hydrogen) atoms. The highest BCUT2D eigenvalue weighted by atomic mass is 16.2. The van der Waals surface area contributed by atoms with Gasteiger partial charge in [-0.05, 0) is 43.9 Å². The molecule has 3 heterocycles. The predicted molar refractivity (Wildman–Crippen MR) is 125 cm³/mol. The van der Waals surface area contributed by atoms with Gasteiger partial charge in [0.25, 0.3) is 0 Å². The van der Waals surface area contributed by atoms with E-state index >= 15 is 0 Å². The summed E-state index contributed by atoms with van der Waals surface area (Å²) >= 11 is 0. The zero-order chi connectivity index (χ0) is 22.8. The molecule has 0 N–H and O–H groups in total. The number of aromatic nitrogens is 5. The minimum absolute atomic E-state index is 0.114. The maximum atomic E-state index is 12.8. The lowest BCUT2D eigenvalue weighted by Gasteiger charge is -2.17.